The maximum atomic E-state index is 13.3. The zero-order chi connectivity index (χ0) is 19.8. The minimum absolute atomic E-state index is 0.0779. The summed E-state index contributed by atoms with van der Waals surface area (Å²) in [5.41, 5.74) is 1.59. The van der Waals surface area contributed by atoms with Gasteiger partial charge in [-0.15, -0.1) is 0 Å². The van der Waals surface area contributed by atoms with Crippen LogP contribution >= 0.6 is 0 Å². The zero-order valence-electron chi connectivity index (χ0n) is 15.0. The van der Waals surface area contributed by atoms with E-state index in [0.29, 0.717) is 27.8 Å². The van der Waals surface area contributed by atoms with Gasteiger partial charge in [-0.25, -0.2) is 17.1 Å². The van der Waals surface area contributed by atoms with Crippen molar-refractivity contribution in [2.45, 2.75) is 11.8 Å². The predicted molar refractivity (Wildman–Crippen MR) is 102 cm³/mol. The summed E-state index contributed by atoms with van der Waals surface area (Å²) < 4.78 is 38.9. The van der Waals surface area contributed by atoms with E-state index < -0.39 is 21.7 Å². The molecule has 0 aliphatic heterocycles. The van der Waals surface area contributed by atoms with Crippen molar-refractivity contribution in [3.8, 4) is 0 Å². The van der Waals surface area contributed by atoms with Crippen molar-refractivity contribution in [1.82, 2.24) is 9.29 Å². The van der Waals surface area contributed by atoms with Crippen LogP contribution in [0.5, 0.6) is 0 Å². The lowest BCUT2D eigenvalue weighted by atomic mass is 10.1. The Morgan fingerprint density at radius 2 is 1.85 bits per heavy atom. The van der Waals surface area contributed by atoms with E-state index in [1.54, 1.807) is 31.2 Å². The van der Waals surface area contributed by atoms with Gasteiger partial charge in [-0.1, -0.05) is 6.07 Å². The third-order valence-electron chi connectivity index (χ3n) is 4.09. The fourth-order valence-electron chi connectivity index (χ4n) is 2.61. The molecule has 0 fully saturated rings. The molecule has 1 aromatic heterocycles. The molecule has 1 amide bonds. The van der Waals surface area contributed by atoms with Gasteiger partial charge in [0.05, 0.1) is 21.7 Å². The summed E-state index contributed by atoms with van der Waals surface area (Å²) in [4.78, 5) is 17.0. The Balaban J connectivity index is 1.93. The molecule has 2 aromatic carbocycles. The summed E-state index contributed by atoms with van der Waals surface area (Å²) in [5.74, 6) is -0.823. The molecule has 0 atom stereocenters. The van der Waals surface area contributed by atoms with E-state index in [0.717, 1.165) is 4.31 Å². The Kier molecular flexibility index (Phi) is 4.95. The fourth-order valence-corrected chi connectivity index (χ4v) is 3.56. The first-order valence-corrected chi connectivity index (χ1v) is 9.53. The summed E-state index contributed by atoms with van der Waals surface area (Å²) in [6.45, 7) is 1.66. The van der Waals surface area contributed by atoms with Crippen LogP contribution in [0.2, 0.25) is 0 Å². The van der Waals surface area contributed by atoms with Crippen LogP contribution in [0, 0.1) is 12.7 Å². The molecule has 0 bridgehead atoms. The van der Waals surface area contributed by atoms with Gasteiger partial charge in [0.2, 0.25) is 10.0 Å². The average molecular weight is 387 g/mol. The lowest BCUT2D eigenvalue weighted by Crippen LogP contribution is -2.22. The number of hydrogen-bond acceptors (Lipinski definition) is 4. The molecule has 0 aliphatic carbocycles. The average Bonchev–Trinajstić information content (AvgIpc) is 2.61. The van der Waals surface area contributed by atoms with Gasteiger partial charge in [0.1, 0.15) is 5.82 Å². The van der Waals surface area contributed by atoms with E-state index in [2.05, 4.69) is 10.3 Å². The molecule has 3 rings (SSSR count). The van der Waals surface area contributed by atoms with Gasteiger partial charge >= 0.3 is 0 Å². The lowest BCUT2D eigenvalue weighted by molar-refractivity contribution is 0.102. The largest absolute Gasteiger partial charge is 0.322 e. The molecule has 1 heterocycles. The standard InChI is InChI=1S/C19H18FN3O3S/c1-12-17(9-13-7-8-14(20)10-18(13)21-12)19(24)22-15-5-4-6-16(11-15)27(25,26)23(2)3/h4-11H,1-3H3,(H,22,24). The Bertz CT molecular complexity index is 1140. The van der Waals surface area contributed by atoms with Crippen molar-refractivity contribution in [2.24, 2.45) is 0 Å². The van der Waals surface area contributed by atoms with Crippen LogP contribution in [0.1, 0.15) is 16.1 Å². The minimum atomic E-state index is -3.61. The molecule has 0 aliphatic rings. The number of sulfonamides is 1. The van der Waals surface area contributed by atoms with E-state index in [-0.39, 0.29) is 4.90 Å². The van der Waals surface area contributed by atoms with E-state index >= 15 is 0 Å². The number of nitrogens with one attached hydrogen (secondary N) is 1. The summed E-state index contributed by atoms with van der Waals surface area (Å²) >= 11 is 0. The number of hydrogen-bond donors (Lipinski definition) is 1. The lowest BCUT2D eigenvalue weighted by Gasteiger charge is -2.13. The molecule has 0 radical (unpaired) electrons. The molecule has 0 spiro atoms. The smallest absolute Gasteiger partial charge is 0.257 e. The van der Waals surface area contributed by atoms with Crippen LogP contribution < -0.4 is 5.32 Å². The quantitative estimate of drug-likeness (QED) is 0.746. The molecule has 1 N–H and O–H groups in total. The number of amides is 1. The van der Waals surface area contributed by atoms with Gasteiger partial charge in [0.15, 0.2) is 0 Å². The highest BCUT2D eigenvalue weighted by atomic mass is 32.2. The Morgan fingerprint density at radius 3 is 2.56 bits per heavy atom. The fraction of sp³-hybridized carbons (Fsp3) is 0.158. The van der Waals surface area contributed by atoms with Crippen LogP contribution in [0.25, 0.3) is 10.9 Å². The topological polar surface area (TPSA) is 79.4 Å². The summed E-state index contributed by atoms with van der Waals surface area (Å²) in [7, 11) is -0.731. The van der Waals surface area contributed by atoms with Crippen molar-refractivity contribution in [2.75, 3.05) is 19.4 Å². The molecule has 6 nitrogen and oxygen atoms in total. The van der Waals surface area contributed by atoms with Crippen molar-refractivity contribution in [3.05, 3.63) is 65.6 Å². The van der Waals surface area contributed by atoms with Gasteiger partial charge < -0.3 is 5.32 Å². The van der Waals surface area contributed by atoms with Gasteiger partial charge in [-0.3, -0.25) is 9.78 Å². The molecular formula is C19H18FN3O3S. The van der Waals surface area contributed by atoms with Gasteiger partial charge in [-0.05, 0) is 43.3 Å². The number of anilines is 1. The first-order chi connectivity index (χ1) is 12.7. The third-order valence-corrected chi connectivity index (χ3v) is 5.90. The van der Waals surface area contributed by atoms with E-state index in [1.807, 2.05) is 0 Å². The first-order valence-electron chi connectivity index (χ1n) is 8.09. The van der Waals surface area contributed by atoms with Crippen LogP contribution in [0.4, 0.5) is 10.1 Å². The summed E-state index contributed by atoms with van der Waals surface area (Å²) in [5, 5.41) is 3.33. The maximum absolute atomic E-state index is 13.3. The van der Waals surface area contributed by atoms with E-state index in [9.17, 15) is 17.6 Å². The van der Waals surface area contributed by atoms with Crippen LogP contribution in [0.3, 0.4) is 0 Å². The number of carbonyl (C=O) groups is 1. The highest BCUT2D eigenvalue weighted by Crippen LogP contribution is 2.21. The Labute approximate surface area is 156 Å². The van der Waals surface area contributed by atoms with Crippen molar-refractivity contribution in [1.29, 1.82) is 0 Å². The number of fused-ring (bicyclic) bond motifs is 1. The first kappa shape index (κ1) is 18.9. The second kappa shape index (κ2) is 7.05. The number of benzene rings is 2. The number of nitrogens with zero attached hydrogens (tertiary/aromatic N) is 2. The van der Waals surface area contributed by atoms with Crippen molar-refractivity contribution in [3.63, 3.8) is 0 Å². The number of aryl methyl sites for hydroxylation is 1. The molecule has 8 heteroatoms. The van der Waals surface area contributed by atoms with Gasteiger partial charge in [0, 0.05) is 31.2 Å². The number of aromatic nitrogens is 1. The zero-order valence-corrected chi connectivity index (χ0v) is 15.8. The van der Waals surface area contributed by atoms with E-state index in [1.165, 1.54) is 38.4 Å². The minimum Gasteiger partial charge on any atom is -0.322 e. The van der Waals surface area contributed by atoms with E-state index in [4.69, 9.17) is 0 Å². The van der Waals surface area contributed by atoms with Crippen molar-refractivity contribution < 1.29 is 17.6 Å². The molecule has 3 aromatic rings. The molecule has 140 valence electrons. The molecular weight excluding hydrogens is 369 g/mol. The normalized spacial score (nSPS) is 11.7. The van der Waals surface area contributed by atoms with Crippen LogP contribution in [-0.4, -0.2) is 37.7 Å². The van der Waals surface area contributed by atoms with Crippen LogP contribution in [0.15, 0.2) is 53.4 Å². The summed E-state index contributed by atoms with van der Waals surface area (Å²) in [6.07, 6.45) is 0. The molecule has 0 saturated carbocycles. The molecule has 27 heavy (non-hydrogen) atoms. The number of halogens is 1. The highest BCUT2D eigenvalue weighted by molar-refractivity contribution is 7.89. The number of carbonyl (C=O) groups excluding carboxylic acids is 1. The second-order valence-corrected chi connectivity index (χ2v) is 8.38. The number of rotatable bonds is 4. The third kappa shape index (κ3) is 3.81. The van der Waals surface area contributed by atoms with Crippen molar-refractivity contribution >= 4 is 32.5 Å². The number of pyridine rings is 1. The van der Waals surface area contributed by atoms with Gasteiger partial charge in [0.25, 0.3) is 5.91 Å². The SMILES string of the molecule is Cc1nc2cc(F)ccc2cc1C(=O)Nc1cccc(S(=O)(=O)N(C)C)c1. The van der Waals surface area contributed by atoms with Gasteiger partial charge in [-0.2, -0.15) is 0 Å². The highest BCUT2D eigenvalue weighted by Gasteiger charge is 2.18. The monoisotopic (exact) mass is 387 g/mol. The predicted octanol–water partition coefficient (Wildman–Crippen LogP) is 3.18. The second-order valence-electron chi connectivity index (χ2n) is 6.23. The Morgan fingerprint density at radius 1 is 1.11 bits per heavy atom. The summed E-state index contributed by atoms with van der Waals surface area (Å²) in [6, 6.07) is 11.8. The molecule has 0 saturated heterocycles. The Hall–Kier alpha value is -2.84. The molecule has 0 unspecified atom stereocenters. The maximum Gasteiger partial charge on any atom is 0.257 e. The van der Waals surface area contributed by atoms with Crippen LogP contribution in [-0.2, 0) is 10.0 Å².